The van der Waals surface area contributed by atoms with Crippen LogP contribution in [-0.4, -0.2) is 50.2 Å². The van der Waals surface area contributed by atoms with Crippen LogP contribution in [0.25, 0.3) is 0 Å². The number of guanidine groups is 1. The first-order valence-corrected chi connectivity index (χ1v) is 8.47. The maximum absolute atomic E-state index is 12.0. The van der Waals surface area contributed by atoms with Crippen LogP contribution < -0.4 is 16.0 Å². The van der Waals surface area contributed by atoms with Gasteiger partial charge in [-0.1, -0.05) is 26.8 Å². The largest absolute Gasteiger partial charge is 0.379 e. The quantitative estimate of drug-likeness (QED) is 0.319. The third-order valence-electron chi connectivity index (χ3n) is 3.73. The van der Waals surface area contributed by atoms with E-state index in [1.165, 1.54) is 0 Å². The van der Waals surface area contributed by atoms with Crippen molar-refractivity contribution in [2.45, 2.75) is 40.2 Å². The lowest BCUT2D eigenvalue weighted by atomic mass is 9.89. The first-order valence-electron chi connectivity index (χ1n) is 8.47. The Bertz CT molecular complexity index is 587. The number of aliphatic imine (C=N–C) groups is 1. The van der Waals surface area contributed by atoms with Gasteiger partial charge in [0.25, 0.3) is 0 Å². The highest BCUT2D eigenvalue weighted by atomic mass is 127. The van der Waals surface area contributed by atoms with E-state index in [0.717, 1.165) is 5.69 Å². The lowest BCUT2D eigenvalue weighted by Gasteiger charge is -2.30. The van der Waals surface area contributed by atoms with Crippen LogP contribution >= 0.6 is 24.0 Å². The van der Waals surface area contributed by atoms with Gasteiger partial charge in [-0.25, -0.2) is 4.98 Å². The van der Waals surface area contributed by atoms with Gasteiger partial charge in [-0.05, 0) is 24.5 Å². The van der Waals surface area contributed by atoms with Crippen molar-refractivity contribution in [3.8, 4) is 0 Å². The minimum Gasteiger partial charge on any atom is -0.379 e. The highest BCUT2D eigenvalue weighted by molar-refractivity contribution is 14.0. The van der Waals surface area contributed by atoms with Gasteiger partial charge >= 0.3 is 0 Å². The summed E-state index contributed by atoms with van der Waals surface area (Å²) in [6.07, 6.45) is 0.380. The molecule has 0 aliphatic heterocycles. The van der Waals surface area contributed by atoms with Crippen molar-refractivity contribution in [2.24, 2.45) is 10.4 Å². The van der Waals surface area contributed by atoms with E-state index in [2.05, 4.69) is 46.7 Å². The predicted molar refractivity (Wildman–Crippen MR) is 117 cm³/mol. The number of aromatic nitrogens is 1. The van der Waals surface area contributed by atoms with Gasteiger partial charge in [0.1, 0.15) is 5.82 Å². The molecule has 0 saturated carbocycles. The van der Waals surface area contributed by atoms with Gasteiger partial charge in [0.05, 0.1) is 6.10 Å². The lowest BCUT2D eigenvalue weighted by Crippen LogP contribution is -2.45. The van der Waals surface area contributed by atoms with Crippen LogP contribution in [-0.2, 0) is 9.53 Å². The van der Waals surface area contributed by atoms with Gasteiger partial charge in [-0.3, -0.25) is 9.79 Å². The maximum atomic E-state index is 12.0. The summed E-state index contributed by atoms with van der Waals surface area (Å²) in [5.74, 6) is 1.12. The number of amides is 1. The fourth-order valence-corrected chi connectivity index (χ4v) is 2.27. The van der Waals surface area contributed by atoms with Crippen molar-refractivity contribution in [1.82, 2.24) is 15.6 Å². The Labute approximate surface area is 173 Å². The molecule has 1 heterocycles. The molecule has 7 nitrogen and oxygen atoms in total. The van der Waals surface area contributed by atoms with Gasteiger partial charge in [0.15, 0.2) is 5.96 Å². The number of nitrogens with one attached hydrogen (secondary N) is 3. The topological polar surface area (TPSA) is 87.6 Å². The second kappa shape index (κ2) is 12.1. The summed E-state index contributed by atoms with van der Waals surface area (Å²) in [5.41, 5.74) is 0.897. The first kappa shape index (κ1) is 24.6. The Morgan fingerprint density at radius 3 is 2.54 bits per heavy atom. The third-order valence-corrected chi connectivity index (χ3v) is 3.73. The molecule has 26 heavy (non-hydrogen) atoms. The molecule has 1 aromatic heterocycles. The summed E-state index contributed by atoms with van der Waals surface area (Å²) in [6.45, 7) is 9.38. The zero-order valence-electron chi connectivity index (χ0n) is 16.5. The zero-order chi connectivity index (χ0) is 18.9. The molecular weight excluding hydrogens is 445 g/mol. The van der Waals surface area contributed by atoms with Crippen LogP contribution in [0.3, 0.4) is 0 Å². The van der Waals surface area contributed by atoms with Crippen LogP contribution in [0.1, 0.15) is 32.9 Å². The van der Waals surface area contributed by atoms with E-state index in [4.69, 9.17) is 4.74 Å². The van der Waals surface area contributed by atoms with E-state index in [9.17, 15) is 4.79 Å². The molecule has 0 bridgehead atoms. The average Bonchev–Trinajstić information content (AvgIpc) is 2.52. The van der Waals surface area contributed by atoms with Gasteiger partial charge in [-0.2, -0.15) is 0 Å². The number of aryl methyl sites for hydroxylation is 1. The summed E-state index contributed by atoms with van der Waals surface area (Å²) < 4.78 is 5.51. The lowest BCUT2D eigenvalue weighted by molar-refractivity contribution is -0.116. The summed E-state index contributed by atoms with van der Waals surface area (Å²) in [5, 5.41) is 9.14. The SMILES string of the molecule is CN=C(NCCC(=O)Nc1cccc(C)n1)NCC(OC)C(C)(C)C.I. The summed E-state index contributed by atoms with van der Waals surface area (Å²) in [6, 6.07) is 5.53. The molecule has 1 unspecified atom stereocenters. The number of halogens is 1. The standard InChI is InChI=1S/C18H31N5O2.HI/c1-13-8-7-9-15(22-13)23-16(24)10-11-20-17(19-5)21-12-14(25-6)18(2,3)4;/h7-9,14H,10-12H2,1-6H3,(H2,19,20,21)(H,22,23,24);1H. The number of nitrogens with zero attached hydrogens (tertiary/aromatic N) is 2. The van der Waals surface area contributed by atoms with Gasteiger partial charge in [0.2, 0.25) is 5.91 Å². The molecule has 0 aliphatic rings. The van der Waals surface area contributed by atoms with E-state index < -0.39 is 0 Å². The highest BCUT2D eigenvalue weighted by Crippen LogP contribution is 2.20. The average molecular weight is 477 g/mol. The molecule has 3 N–H and O–H groups in total. The number of ether oxygens (including phenoxy) is 1. The molecule has 0 spiro atoms. The summed E-state index contributed by atoms with van der Waals surface area (Å²) in [7, 11) is 3.41. The third kappa shape index (κ3) is 9.33. The molecule has 1 rings (SSSR count). The maximum Gasteiger partial charge on any atom is 0.227 e. The Kier molecular flexibility index (Phi) is 11.4. The van der Waals surface area contributed by atoms with Gasteiger partial charge in [-0.15, -0.1) is 24.0 Å². The summed E-state index contributed by atoms with van der Waals surface area (Å²) >= 11 is 0. The Morgan fingerprint density at radius 1 is 1.31 bits per heavy atom. The minimum absolute atomic E-state index is 0. The van der Waals surface area contributed by atoms with Crippen molar-refractivity contribution >= 4 is 41.7 Å². The molecule has 148 valence electrons. The van der Waals surface area contributed by atoms with Gasteiger partial charge in [0, 0.05) is 39.4 Å². The van der Waals surface area contributed by atoms with Crippen LogP contribution in [0.4, 0.5) is 5.82 Å². The zero-order valence-corrected chi connectivity index (χ0v) is 18.9. The molecule has 1 amide bonds. The molecule has 8 heteroatoms. The molecule has 0 aliphatic carbocycles. The number of pyridine rings is 1. The van der Waals surface area contributed by atoms with Crippen LogP contribution in [0, 0.1) is 12.3 Å². The predicted octanol–water partition coefficient (Wildman–Crippen LogP) is 2.56. The summed E-state index contributed by atoms with van der Waals surface area (Å²) in [4.78, 5) is 20.4. The molecule has 0 radical (unpaired) electrons. The van der Waals surface area contributed by atoms with E-state index in [-0.39, 0.29) is 41.4 Å². The van der Waals surface area contributed by atoms with Crippen LogP contribution in [0.15, 0.2) is 23.2 Å². The van der Waals surface area contributed by atoms with Crippen molar-refractivity contribution in [1.29, 1.82) is 0 Å². The Morgan fingerprint density at radius 2 is 2.00 bits per heavy atom. The Hall–Kier alpha value is -1.42. The van der Waals surface area contributed by atoms with Crippen LogP contribution in [0.2, 0.25) is 0 Å². The fraction of sp³-hybridized carbons (Fsp3) is 0.611. The van der Waals surface area contributed by atoms with Crippen molar-refractivity contribution in [3.63, 3.8) is 0 Å². The number of rotatable bonds is 7. The number of anilines is 1. The normalized spacial score (nSPS) is 12.8. The van der Waals surface area contributed by atoms with E-state index in [1.54, 1.807) is 20.2 Å². The number of hydrogen-bond donors (Lipinski definition) is 3. The molecule has 1 atom stereocenters. The number of hydrogen-bond acceptors (Lipinski definition) is 4. The smallest absolute Gasteiger partial charge is 0.227 e. The Balaban J connectivity index is 0.00000625. The van der Waals surface area contributed by atoms with Crippen molar-refractivity contribution < 1.29 is 9.53 Å². The molecular formula is C18H32IN5O2. The fourth-order valence-electron chi connectivity index (χ4n) is 2.27. The number of methoxy groups -OCH3 is 1. The molecule has 1 aromatic rings. The molecule has 0 fully saturated rings. The number of carbonyl (C=O) groups excluding carboxylic acids is 1. The monoisotopic (exact) mass is 477 g/mol. The van der Waals surface area contributed by atoms with E-state index in [1.807, 2.05) is 19.1 Å². The highest BCUT2D eigenvalue weighted by Gasteiger charge is 2.24. The second-order valence-electron chi connectivity index (χ2n) is 6.93. The van der Waals surface area contributed by atoms with Crippen LogP contribution in [0.5, 0.6) is 0 Å². The molecule has 0 aromatic carbocycles. The van der Waals surface area contributed by atoms with Crippen molar-refractivity contribution in [3.05, 3.63) is 23.9 Å². The van der Waals surface area contributed by atoms with E-state index in [0.29, 0.717) is 31.3 Å². The molecule has 0 saturated heterocycles. The minimum atomic E-state index is -0.0921. The van der Waals surface area contributed by atoms with E-state index >= 15 is 0 Å². The second-order valence-corrected chi connectivity index (χ2v) is 6.93. The van der Waals surface area contributed by atoms with Crippen molar-refractivity contribution in [2.75, 3.05) is 32.6 Å². The van der Waals surface area contributed by atoms with Gasteiger partial charge < -0.3 is 20.7 Å². The number of carbonyl (C=O) groups is 1. The first-order chi connectivity index (χ1) is 11.8.